The van der Waals surface area contributed by atoms with Crippen LogP contribution in [0.3, 0.4) is 0 Å². The molecule has 0 radical (unpaired) electrons. The predicted molar refractivity (Wildman–Crippen MR) is 87.2 cm³/mol. The molecule has 0 unspecified atom stereocenters. The zero-order valence-electron chi connectivity index (χ0n) is 10.6. The highest BCUT2D eigenvalue weighted by atomic mass is 79.9. The topological polar surface area (TPSA) is 64.3 Å². The van der Waals surface area contributed by atoms with Crippen molar-refractivity contribution in [3.05, 3.63) is 50.9 Å². The van der Waals surface area contributed by atoms with Crippen LogP contribution in [0, 0.1) is 0 Å². The first kappa shape index (κ1) is 14.9. The third kappa shape index (κ3) is 3.32. The van der Waals surface area contributed by atoms with E-state index < -0.39 is 0 Å². The van der Waals surface area contributed by atoms with Gasteiger partial charge in [0.25, 0.3) is 5.91 Å². The van der Waals surface area contributed by atoms with Gasteiger partial charge in [0.1, 0.15) is 5.75 Å². The lowest BCUT2D eigenvalue weighted by Gasteiger charge is -2.11. The van der Waals surface area contributed by atoms with Gasteiger partial charge in [0.05, 0.1) is 18.4 Å². The number of carbonyl (C=O) groups excluding carboxylic acids is 1. The normalized spacial score (nSPS) is 10.2. The lowest BCUT2D eigenvalue weighted by atomic mass is 10.1. The Hall–Kier alpha value is -1.53. The zero-order chi connectivity index (χ0) is 14.7. The van der Waals surface area contributed by atoms with Crippen LogP contribution in [0.2, 0.25) is 0 Å². The van der Waals surface area contributed by atoms with Crippen LogP contribution in [0.4, 0.5) is 11.4 Å². The summed E-state index contributed by atoms with van der Waals surface area (Å²) in [5.74, 6) is 0.191. The van der Waals surface area contributed by atoms with E-state index >= 15 is 0 Å². The van der Waals surface area contributed by atoms with Crippen molar-refractivity contribution in [1.29, 1.82) is 0 Å². The molecule has 0 bridgehead atoms. The third-order valence-electron chi connectivity index (χ3n) is 2.64. The van der Waals surface area contributed by atoms with E-state index in [4.69, 9.17) is 10.5 Å². The lowest BCUT2D eigenvalue weighted by molar-refractivity contribution is 0.102. The van der Waals surface area contributed by atoms with Crippen molar-refractivity contribution in [3.63, 3.8) is 0 Å². The van der Waals surface area contributed by atoms with E-state index in [1.807, 2.05) is 12.1 Å². The van der Waals surface area contributed by atoms with Gasteiger partial charge in [0.15, 0.2) is 0 Å². The van der Waals surface area contributed by atoms with Gasteiger partial charge in [0, 0.05) is 14.6 Å². The van der Waals surface area contributed by atoms with E-state index in [1.54, 1.807) is 24.3 Å². The van der Waals surface area contributed by atoms with Gasteiger partial charge in [-0.05, 0) is 52.3 Å². The molecule has 6 heteroatoms. The minimum Gasteiger partial charge on any atom is -0.496 e. The molecule has 0 aromatic heterocycles. The van der Waals surface area contributed by atoms with E-state index in [9.17, 15) is 4.79 Å². The number of nitrogens with two attached hydrogens (primary N) is 1. The summed E-state index contributed by atoms with van der Waals surface area (Å²) in [5, 5.41) is 2.82. The maximum Gasteiger partial charge on any atom is 0.259 e. The smallest absolute Gasteiger partial charge is 0.259 e. The number of nitrogen functional groups attached to an aromatic ring is 1. The fourth-order valence-corrected chi connectivity index (χ4v) is 2.39. The molecule has 2 rings (SSSR count). The molecule has 0 spiro atoms. The summed E-state index contributed by atoms with van der Waals surface area (Å²) in [6, 6.07) is 10.5. The molecule has 2 aromatic carbocycles. The molecule has 2 aromatic rings. The Morgan fingerprint density at radius 1 is 1.20 bits per heavy atom. The van der Waals surface area contributed by atoms with Crippen LogP contribution < -0.4 is 15.8 Å². The highest BCUT2D eigenvalue weighted by Gasteiger charge is 2.14. The van der Waals surface area contributed by atoms with Gasteiger partial charge < -0.3 is 15.8 Å². The Bertz CT molecular complexity index is 660. The Labute approximate surface area is 133 Å². The van der Waals surface area contributed by atoms with Gasteiger partial charge in [-0.2, -0.15) is 0 Å². The second kappa shape index (κ2) is 6.28. The van der Waals surface area contributed by atoms with E-state index in [1.165, 1.54) is 7.11 Å². The Balaban J connectivity index is 2.32. The van der Waals surface area contributed by atoms with Crippen LogP contribution in [0.5, 0.6) is 5.75 Å². The summed E-state index contributed by atoms with van der Waals surface area (Å²) in [4.78, 5) is 12.3. The number of carbonyl (C=O) groups is 1. The second-order valence-electron chi connectivity index (χ2n) is 4.04. The zero-order valence-corrected chi connectivity index (χ0v) is 13.8. The molecule has 0 aliphatic heterocycles. The average Bonchev–Trinajstić information content (AvgIpc) is 2.42. The van der Waals surface area contributed by atoms with Crippen LogP contribution in [-0.2, 0) is 0 Å². The first-order valence-corrected chi connectivity index (χ1v) is 7.30. The number of halogens is 2. The van der Waals surface area contributed by atoms with Gasteiger partial charge in [-0.25, -0.2) is 0 Å². The molecule has 4 nitrogen and oxygen atoms in total. The highest BCUT2D eigenvalue weighted by molar-refractivity contribution is 9.11. The first-order valence-electron chi connectivity index (χ1n) is 5.71. The summed E-state index contributed by atoms with van der Waals surface area (Å²) in [6.07, 6.45) is 0. The summed E-state index contributed by atoms with van der Waals surface area (Å²) in [6.45, 7) is 0. The van der Waals surface area contributed by atoms with Crippen LogP contribution in [0.25, 0.3) is 0 Å². The van der Waals surface area contributed by atoms with Crippen LogP contribution in [0.1, 0.15) is 10.4 Å². The van der Waals surface area contributed by atoms with Crippen LogP contribution in [0.15, 0.2) is 45.3 Å². The molecule has 104 valence electrons. The summed E-state index contributed by atoms with van der Waals surface area (Å²) < 4.78 is 6.84. The number of hydrogen-bond acceptors (Lipinski definition) is 3. The molecule has 0 saturated carbocycles. The van der Waals surface area contributed by atoms with Crippen molar-refractivity contribution in [2.75, 3.05) is 18.2 Å². The molecule has 0 aliphatic rings. The maximum atomic E-state index is 12.3. The average molecular weight is 400 g/mol. The van der Waals surface area contributed by atoms with Gasteiger partial charge >= 0.3 is 0 Å². The van der Waals surface area contributed by atoms with E-state index in [0.29, 0.717) is 22.7 Å². The van der Waals surface area contributed by atoms with Crippen molar-refractivity contribution >= 4 is 49.1 Å². The molecule has 0 saturated heterocycles. The fourth-order valence-electron chi connectivity index (χ4n) is 1.69. The summed E-state index contributed by atoms with van der Waals surface area (Å²) in [5.41, 5.74) is 7.27. The van der Waals surface area contributed by atoms with E-state index in [-0.39, 0.29) is 5.91 Å². The molecule has 1 amide bonds. The SMILES string of the molecule is COc1ccc(N)cc1C(=O)Nc1cc(Br)ccc1Br. The molecule has 0 fully saturated rings. The number of methoxy groups -OCH3 is 1. The quantitative estimate of drug-likeness (QED) is 0.765. The summed E-state index contributed by atoms with van der Waals surface area (Å²) >= 11 is 6.76. The number of rotatable bonds is 3. The standard InChI is InChI=1S/C14H12Br2N2O2/c1-20-13-5-3-9(17)7-10(13)14(19)18-12-6-8(15)2-4-11(12)16/h2-7H,17H2,1H3,(H,18,19). The predicted octanol–water partition coefficient (Wildman–Crippen LogP) is 4.05. The van der Waals surface area contributed by atoms with E-state index in [0.717, 1.165) is 8.95 Å². The van der Waals surface area contributed by atoms with Crippen molar-refractivity contribution in [2.24, 2.45) is 0 Å². The number of anilines is 2. The van der Waals surface area contributed by atoms with Crippen molar-refractivity contribution in [3.8, 4) is 5.75 Å². The molecule has 20 heavy (non-hydrogen) atoms. The Morgan fingerprint density at radius 2 is 1.95 bits per heavy atom. The largest absolute Gasteiger partial charge is 0.496 e. The lowest BCUT2D eigenvalue weighted by Crippen LogP contribution is -2.14. The van der Waals surface area contributed by atoms with Crippen LogP contribution in [-0.4, -0.2) is 13.0 Å². The molecule has 0 atom stereocenters. The first-order chi connectivity index (χ1) is 9.51. The highest BCUT2D eigenvalue weighted by Crippen LogP contribution is 2.28. The van der Waals surface area contributed by atoms with Crippen molar-refractivity contribution in [2.45, 2.75) is 0 Å². The van der Waals surface area contributed by atoms with Gasteiger partial charge in [-0.15, -0.1) is 0 Å². The monoisotopic (exact) mass is 398 g/mol. The number of hydrogen-bond donors (Lipinski definition) is 2. The van der Waals surface area contributed by atoms with Crippen molar-refractivity contribution < 1.29 is 9.53 Å². The molecule has 0 heterocycles. The van der Waals surface area contributed by atoms with Gasteiger partial charge in [-0.3, -0.25) is 4.79 Å². The maximum absolute atomic E-state index is 12.3. The molecular formula is C14H12Br2N2O2. The Morgan fingerprint density at radius 3 is 2.65 bits per heavy atom. The number of ether oxygens (including phenoxy) is 1. The van der Waals surface area contributed by atoms with Crippen LogP contribution >= 0.6 is 31.9 Å². The number of nitrogens with one attached hydrogen (secondary N) is 1. The Kier molecular flexibility index (Phi) is 4.67. The fraction of sp³-hybridized carbons (Fsp3) is 0.0714. The number of amides is 1. The molecule has 3 N–H and O–H groups in total. The minimum atomic E-state index is -0.284. The molecular weight excluding hydrogens is 388 g/mol. The minimum absolute atomic E-state index is 0.284. The summed E-state index contributed by atoms with van der Waals surface area (Å²) in [7, 11) is 1.51. The number of benzene rings is 2. The van der Waals surface area contributed by atoms with Gasteiger partial charge in [0.2, 0.25) is 0 Å². The third-order valence-corrected chi connectivity index (χ3v) is 3.83. The van der Waals surface area contributed by atoms with E-state index in [2.05, 4.69) is 37.2 Å². The second-order valence-corrected chi connectivity index (χ2v) is 5.81. The van der Waals surface area contributed by atoms with Crippen molar-refractivity contribution in [1.82, 2.24) is 0 Å². The van der Waals surface area contributed by atoms with Gasteiger partial charge in [-0.1, -0.05) is 15.9 Å². The molecule has 0 aliphatic carbocycles.